The average molecular weight is 439 g/mol. The molecule has 0 aliphatic carbocycles. The molecule has 3 rings (SSSR count). The largest absolute Gasteiger partial charge is 0.471 e. The van der Waals surface area contributed by atoms with Crippen LogP contribution in [0.5, 0.6) is 5.75 Å². The van der Waals surface area contributed by atoms with Crippen molar-refractivity contribution in [3.8, 4) is 5.75 Å². The standard InChI is InChI=1S/C23H30N6O3/c1-6-28-13-19(21(27-28)23(31)24-12-15(2)3)25-22(30)18-9-10-29(26-18)14-32-20-8-7-16(4)11-17(20)5/h7-11,13,15H,6,12,14H2,1-5H3,(H,24,31)(H,25,30). The third-order valence-electron chi connectivity index (χ3n) is 4.78. The maximum atomic E-state index is 12.7. The fourth-order valence-electron chi connectivity index (χ4n) is 3.06. The Morgan fingerprint density at radius 1 is 1.09 bits per heavy atom. The molecule has 3 aromatic rings. The third kappa shape index (κ3) is 5.75. The van der Waals surface area contributed by atoms with Crippen LogP contribution >= 0.6 is 0 Å². The second kappa shape index (κ2) is 10.1. The molecule has 32 heavy (non-hydrogen) atoms. The molecule has 170 valence electrons. The first-order valence-corrected chi connectivity index (χ1v) is 10.7. The summed E-state index contributed by atoms with van der Waals surface area (Å²) in [6, 6.07) is 7.54. The third-order valence-corrected chi connectivity index (χ3v) is 4.78. The minimum Gasteiger partial charge on any atom is -0.471 e. The van der Waals surface area contributed by atoms with Gasteiger partial charge >= 0.3 is 0 Å². The zero-order valence-electron chi connectivity index (χ0n) is 19.2. The number of hydrogen-bond donors (Lipinski definition) is 2. The van der Waals surface area contributed by atoms with E-state index in [9.17, 15) is 9.59 Å². The Morgan fingerprint density at radius 3 is 2.56 bits per heavy atom. The molecule has 9 nitrogen and oxygen atoms in total. The fourth-order valence-corrected chi connectivity index (χ4v) is 3.06. The van der Waals surface area contributed by atoms with Gasteiger partial charge in [-0.3, -0.25) is 14.3 Å². The van der Waals surface area contributed by atoms with E-state index >= 15 is 0 Å². The van der Waals surface area contributed by atoms with Crippen molar-refractivity contribution in [1.29, 1.82) is 0 Å². The topological polar surface area (TPSA) is 103 Å². The van der Waals surface area contributed by atoms with Crippen LogP contribution in [0.2, 0.25) is 0 Å². The second-order valence-corrected chi connectivity index (χ2v) is 8.09. The van der Waals surface area contributed by atoms with Gasteiger partial charge in [-0.25, -0.2) is 4.68 Å². The molecular weight excluding hydrogens is 408 g/mol. The Morgan fingerprint density at radius 2 is 1.88 bits per heavy atom. The van der Waals surface area contributed by atoms with Crippen molar-refractivity contribution in [3.63, 3.8) is 0 Å². The van der Waals surface area contributed by atoms with Crippen LogP contribution in [0.15, 0.2) is 36.7 Å². The first kappa shape index (κ1) is 23.1. The fraction of sp³-hybridized carbons (Fsp3) is 0.391. The van der Waals surface area contributed by atoms with E-state index in [2.05, 4.69) is 20.8 Å². The van der Waals surface area contributed by atoms with Gasteiger partial charge in [-0.15, -0.1) is 0 Å². The molecule has 2 heterocycles. The molecule has 0 atom stereocenters. The van der Waals surface area contributed by atoms with Crippen LogP contribution in [-0.4, -0.2) is 37.9 Å². The Kier molecular flexibility index (Phi) is 7.29. The molecule has 1 aromatic carbocycles. The predicted molar refractivity (Wildman–Crippen MR) is 122 cm³/mol. The van der Waals surface area contributed by atoms with Crippen LogP contribution in [0.3, 0.4) is 0 Å². The lowest BCUT2D eigenvalue weighted by molar-refractivity contribution is 0.0944. The summed E-state index contributed by atoms with van der Waals surface area (Å²) in [5.74, 6) is 0.318. The van der Waals surface area contributed by atoms with Crippen LogP contribution in [0.1, 0.15) is 52.9 Å². The van der Waals surface area contributed by atoms with E-state index < -0.39 is 5.91 Å². The smallest absolute Gasteiger partial charge is 0.276 e. The lowest BCUT2D eigenvalue weighted by Gasteiger charge is -2.09. The first-order valence-electron chi connectivity index (χ1n) is 10.7. The average Bonchev–Trinajstić information content (AvgIpc) is 3.38. The van der Waals surface area contributed by atoms with E-state index in [-0.39, 0.29) is 24.0 Å². The highest BCUT2D eigenvalue weighted by Crippen LogP contribution is 2.19. The second-order valence-electron chi connectivity index (χ2n) is 8.09. The van der Waals surface area contributed by atoms with Gasteiger partial charge in [-0.1, -0.05) is 31.5 Å². The van der Waals surface area contributed by atoms with Gasteiger partial charge < -0.3 is 15.4 Å². The van der Waals surface area contributed by atoms with Crippen LogP contribution in [0, 0.1) is 19.8 Å². The summed E-state index contributed by atoms with van der Waals surface area (Å²) in [7, 11) is 0. The molecule has 0 bridgehead atoms. The van der Waals surface area contributed by atoms with Crippen molar-refractivity contribution in [1.82, 2.24) is 24.9 Å². The van der Waals surface area contributed by atoms with E-state index in [1.54, 1.807) is 27.8 Å². The Balaban J connectivity index is 1.67. The zero-order valence-corrected chi connectivity index (χ0v) is 19.2. The number of aromatic nitrogens is 4. The van der Waals surface area contributed by atoms with Crippen molar-refractivity contribution < 1.29 is 14.3 Å². The van der Waals surface area contributed by atoms with Crippen molar-refractivity contribution in [2.75, 3.05) is 11.9 Å². The number of rotatable bonds is 9. The number of aryl methyl sites for hydroxylation is 3. The maximum Gasteiger partial charge on any atom is 0.276 e. The highest BCUT2D eigenvalue weighted by atomic mass is 16.5. The van der Waals surface area contributed by atoms with Crippen molar-refractivity contribution in [2.24, 2.45) is 5.92 Å². The summed E-state index contributed by atoms with van der Waals surface area (Å²) in [6.45, 7) is 11.2. The molecule has 0 spiro atoms. The summed E-state index contributed by atoms with van der Waals surface area (Å²) in [6.07, 6.45) is 3.31. The van der Waals surface area contributed by atoms with Gasteiger partial charge in [0.05, 0.1) is 5.69 Å². The van der Waals surface area contributed by atoms with Gasteiger partial charge in [0.2, 0.25) is 0 Å². The summed E-state index contributed by atoms with van der Waals surface area (Å²) in [4.78, 5) is 25.3. The molecular formula is C23H30N6O3. The summed E-state index contributed by atoms with van der Waals surface area (Å²) < 4.78 is 8.96. The van der Waals surface area contributed by atoms with E-state index in [4.69, 9.17) is 4.74 Å². The number of amides is 2. The number of benzene rings is 1. The van der Waals surface area contributed by atoms with Crippen molar-refractivity contribution >= 4 is 17.5 Å². The highest BCUT2D eigenvalue weighted by Gasteiger charge is 2.20. The van der Waals surface area contributed by atoms with Gasteiger partial charge in [0, 0.05) is 25.5 Å². The molecule has 2 N–H and O–H groups in total. The maximum absolute atomic E-state index is 12.7. The van der Waals surface area contributed by atoms with Gasteiger partial charge in [-0.2, -0.15) is 10.2 Å². The first-order chi connectivity index (χ1) is 15.3. The monoisotopic (exact) mass is 438 g/mol. The van der Waals surface area contributed by atoms with Gasteiger partial charge in [0.15, 0.2) is 18.1 Å². The van der Waals surface area contributed by atoms with Crippen LogP contribution < -0.4 is 15.4 Å². The number of hydrogen-bond acceptors (Lipinski definition) is 5. The minimum absolute atomic E-state index is 0.174. The molecule has 2 amide bonds. The highest BCUT2D eigenvalue weighted by molar-refractivity contribution is 6.07. The van der Waals surface area contributed by atoms with E-state index in [1.165, 1.54) is 0 Å². The lowest BCUT2D eigenvalue weighted by Crippen LogP contribution is -2.28. The summed E-state index contributed by atoms with van der Waals surface area (Å²) >= 11 is 0. The Bertz CT molecular complexity index is 1100. The number of nitrogens with one attached hydrogen (secondary N) is 2. The van der Waals surface area contributed by atoms with E-state index in [0.29, 0.717) is 24.7 Å². The molecule has 0 fully saturated rings. The molecule has 0 saturated carbocycles. The van der Waals surface area contributed by atoms with Crippen molar-refractivity contribution in [3.05, 3.63) is 59.2 Å². The van der Waals surface area contributed by atoms with Crippen molar-refractivity contribution in [2.45, 2.75) is 47.9 Å². The number of nitrogens with zero attached hydrogens (tertiary/aromatic N) is 4. The summed E-state index contributed by atoms with van der Waals surface area (Å²) in [5.41, 5.74) is 2.94. The van der Waals surface area contributed by atoms with Crippen LogP contribution in [0.4, 0.5) is 5.69 Å². The Labute approximate surface area is 187 Å². The number of carbonyl (C=O) groups excluding carboxylic acids is 2. The molecule has 9 heteroatoms. The number of anilines is 1. The van der Waals surface area contributed by atoms with Gasteiger partial charge in [-0.05, 0) is 44.4 Å². The Hall–Kier alpha value is -3.62. The van der Waals surface area contributed by atoms with Gasteiger partial charge in [0.25, 0.3) is 11.8 Å². The molecule has 0 aliphatic heterocycles. The quantitative estimate of drug-likeness (QED) is 0.533. The normalized spacial score (nSPS) is 10.9. The van der Waals surface area contributed by atoms with Gasteiger partial charge in [0.1, 0.15) is 5.75 Å². The van der Waals surface area contributed by atoms with E-state index in [1.807, 2.05) is 52.8 Å². The number of carbonyl (C=O) groups is 2. The minimum atomic E-state index is -0.427. The lowest BCUT2D eigenvalue weighted by atomic mass is 10.1. The SMILES string of the molecule is CCn1cc(NC(=O)c2ccn(COc3ccc(C)cc3C)n2)c(C(=O)NCC(C)C)n1. The molecule has 0 saturated heterocycles. The summed E-state index contributed by atoms with van der Waals surface area (Å²) in [5, 5.41) is 14.1. The van der Waals surface area contributed by atoms with E-state index in [0.717, 1.165) is 16.9 Å². The van der Waals surface area contributed by atoms with Crippen LogP contribution in [-0.2, 0) is 13.3 Å². The molecule has 0 radical (unpaired) electrons. The number of ether oxygens (including phenoxy) is 1. The van der Waals surface area contributed by atoms with Crippen LogP contribution in [0.25, 0.3) is 0 Å². The zero-order chi connectivity index (χ0) is 23.3. The molecule has 2 aromatic heterocycles. The molecule has 0 aliphatic rings. The predicted octanol–water partition coefficient (Wildman–Crippen LogP) is 3.39. The molecule has 0 unspecified atom stereocenters.